The van der Waals surface area contributed by atoms with Gasteiger partial charge in [-0.3, -0.25) is 0 Å². The zero-order chi connectivity index (χ0) is 21.4. The van der Waals surface area contributed by atoms with Crippen LogP contribution >= 0.6 is 24.0 Å². The van der Waals surface area contributed by atoms with Crippen molar-refractivity contribution in [3.05, 3.63) is 101 Å². The Bertz CT molecular complexity index is 1170. The van der Waals surface area contributed by atoms with Crippen LogP contribution in [-0.4, -0.2) is 18.7 Å². The van der Waals surface area contributed by atoms with E-state index in [4.69, 9.17) is 11.6 Å². The van der Waals surface area contributed by atoms with E-state index < -0.39 is 0 Å². The third-order valence-corrected chi connectivity index (χ3v) is 5.76. The van der Waals surface area contributed by atoms with Crippen molar-refractivity contribution in [1.82, 2.24) is 4.57 Å². The molecule has 5 heteroatoms. The first-order valence-corrected chi connectivity index (χ1v) is 10.3. The number of nitrogens with zero attached hydrogens (tertiary/aromatic N) is 3. The van der Waals surface area contributed by atoms with E-state index in [0.29, 0.717) is 0 Å². The Labute approximate surface area is 196 Å². The predicted molar refractivity (Wildman–Crippen MR) is 138 cm³/mol. The minimum atomic E-state index is 0. The van der Waals surface area contributed by atoms with Crippen molar-refractivity contribution in [1.29, 1.82) is 0 Å². The number of hydrogen-bond acceptors (Lipinski definition) is 2. The second-order valence-corrected chi connectivity index (χ2v) is 8.22. The molecule has 0 bridgehead atoms. The third kappa shape index (κ3) is 4.43. The lowest BCUT2D eigenvalue weighted by Crippen LogP contribution is -2.17. The van der Waals surface area contributed by atoms with Crippen molar-refractivity contribution in [2.45, 2.75) is 13.8 Å². The number of halogens is 2. The van der Waals surface area contributed by atoms with E-state index in [-0.39, 0.29) is 12.4 Å². The van der Waals surface area contributed by atoms with Crippen LogP contribution in [0, 0.1) is 13.8 Å². The van der Waals surface area contributed by atoms with Crippen molar-refractivity contribution < 1.29 is 0 Å². The van der Waals surface area contributed by atoms with Crippen LogP contribution in [0.1, 0.15) is 22.5 Å². The second kappa shape index (κ2) is 9.09. The summed E-state index contributed by atoms with van der Waals surface area (Å²) >= 11 is 6.06. The van der Waals surface area contributed by atoms with Crippen molar-refractivity contribution in [3.63, 3.8) is 0 Å². The summed E-state index contributed by atoms with van der Waals surface area (Å²) in [6, 6.07) is 16.6. The average Bonchev–Trinajstić information content (AvgIpc) is 3.01. The highest BCUT2D eigenvalue weighted by Gasteiger charge is 2.16. The average molecular weight is 452 g/mol. The molecule has 0 saturated carbocycles. The molecule has 0 spiro atoms. The van der Waals surface area contributed by atoms with Gasteiger partial charge in [0.05, 0.1) is 5.69 Å². The summed E-state index contributed by atoms with van der Waals surface area (Å²) in [6.45, 7) is 8.49. The summed E-state index contributed by atoms with van der Waals surface area (Å²) in [4.78, 5) is 4.26. The Balaban J connectivity index is 0.00000272. The summed E-state index contributed by atoms with van der Waals surface area (Å²) in [7, 11) is 4.11. The minimum Gasteiger partial charge on any atom is -0.378 e. The number of aromatic nitrogens is 1. The molecule has 0 saturated heterocycles. The quantitative estimate of drug-likeness (QED) is 0.413. The van der Waals surface area contributed by atoms with Gasteiger partial charge in [-0.2, -0.15) is 0 Å². The largest absolute Gasteiger partial charge is 0.378 e. The van der Waals surface area contributed by atoms with Crippen LogP contribution in [-0.2, 0) is 0 Å². The van der Waals surface area contributed by atoms with Crippen LogP contribution < -0.4 is 9.80 Å². The molecule has 0 amide bonds. The fourth-order valence-corrected chi connectivity index (χ4v) is 3.99. The third-order valence-electron chi connectivity index (χ3n) is 5.51. The first kappa shape index (κ1) is 22.8. The SMILES string of the molecule is C=C1C=Cc2cc(N(C)C)ccc2N1/C=C/c1cc(C)n(-c2ccc(Cl)cc2)c1C.Cl. The first-order valence-electron chi connectivity index (χ1n) is 9.96. The lowest BCUT2D eigenvalue weighted by atomic mass is 10.1. The van der Waals surface area contributed by atoms with E-state index in [1.165, 1.54) is 28.2 Å². The summed E-state index contributed by atoms with van der Waals surface area (Å²) in [5, 5.41) is 0.745. The maximum Gasteiger partial charge on any atom is 0.0529 e. The second-order valence-electron chi connectivity index (χ2n) is 7.79. The fraction of sp³-hybridized carbons (Fsp3) is 0.154. The Hall–Kier alpha value is -2.88. The van der Waals surface area contributed by atoms with Crippen LogP contribution in [0.25, 0.3) is 17.8 Å². The Kier molecular flexibility index (Phi) is 6.68. The van der Waals surface area contributed by atoms with E-state index in [2.05, 4.69) is 97.6 Å². The molecule has 31 heavy (non-hydrogen) atoms. The smallest absolute Gasteiger partial charge is 0.0529 e. The molecule has 3 nitrogen and oxygen atoms in total. The lowest BCUT2D eigenvalue weighted by Gasteiger charge is -2.27. The van der Waals surface area contributed by atoms with E-state index in [0.717, 1.165) is 22.1 Å². The van der Waals surface area contributed by atoms with Gasteiger partial charge in [0.15, 0.2) is 0 Å². The standard InChI is InChI=1S/C26H26ClN3.ClH/c1-18-6-7-22-17-25(28(4)5)12-13-26(22)29(18)15-14-21-16-19(2)30(20(21)3)24-10-8-23(27)9-11-24;/h6-17H,1H2,2-5H3;1H/b15-14+;. The number of anilines is 2. The number of aryl methyl sites for hydroxylation is 1. The molecule has 1 aliphatic rings. The van der Waals surface area contributed by atoms with Gasteiger partial charge in [0.2, 0.25) is 0 Å². The van der Waals surface area contributed by atoms with Crippen LogP contribution in [0.2, 0.25) is 5.02 Å². The normalized spacial score (nSPS) is 12.8. The molecule has 2 heterocycles. The van der Waals surface area contributed by atoms with E-state index in [9.17, 15) is 0 Å². The number of benzene rings is 2. The van der Waals surface area contributed by atoms with E-state index in [1.54, 1.807) is 0 Å². The van der Waals surface area contributed by atoms with Gasteiger partial charge in [-0.1, -0.05) is 24.3 Å². The maximum absolute atomic E-state index is 6.06. The molecule has 4 rings (SSSR count). The van der Waals surface area contributed by atoms with Crippen molar-refractivity contribution in [3.8, 4) is 5.69 Å². The highest BCUT2D eigenvalue weighted by molar-refractivity contribution is 6.30. The molecule has 0 aliphatic carbocycles. The minimum absolute atomic E-state index is 0. The number of rotatable bonds is 4. The Morgan fingerprint density at radius 2 is 1.68 bits per heavy atom. The summed E-state index contributed by atoms with van der Waals surface area (Å²) in [5.74, 6) is 0. The van der Waals surface area contributed by atoms with E-state index >= 15 is 0 Å². The monoisotopic (exact) mass is 451 g/mol. The molecule has 0 unspecified atom stereocenters. The van der Waals surface area contributed by atoms with E-state index in [1.807, 2.05) is 24.3 Å². The Morgan fingerprint density at radius 3 is 2.35 bits per heavy atom. The molecule has 0 fully saturated rings. The van der Waals surface area contributed by atoms with Gasteiger partial charge in [-0.15, -0.1) is 12.4 Å². The van der Waals surface area contributed by atoms with Gasteiger partial charge in [0, 0.05) is 59.3 Å². The molecule has 0 N–H and O–H groups in total. The summed E-state index contributed by atoms with van der Waals surface area (Å²) < 4.78 is 2.25. The maximum atomic E-state index is 6.06. The lowest BCUT2D eigenvalue weighted by molar-refractivity contribution is 0.964. The van der Waals surface area contributed by atoms with Crippen molar-refractivity contribution in [2.75, 3.05) is 23.9 Å². The zero-order valence-corrected chi connectivity index (χ0v) is 19.8. The molecular formula is C26H27Cl2N3. The number of hydrogen-bond donors (Lipinski definition) is 0. The van der Waals surface area contributed by atoms with Gasteiger partial charge >= 0.3 is 0 Å². The van der Waals surface area contributed by atoms with Gasteiger partial charge in [0.25, 0.3) is 0 Å². The van der Waals surface area contributed by atoms with Gasteiger partial charge in [-0.25, -0.2) is 0 Å². The van der Waals surface area contributed by atoms with Crippen molar-refractivity contribution in [2.24, 2.45) is 0 Å². The molecule has 0 atom stereocenters. The first-order chi connectivity index (χ1) is 14.3. The topological polar surface area (TPSA) is 11.4 Å². The van der Waals surface area contributed by atoms with Crippen LogP contribution in [0.4, 0.5) is 11.4 Å². The molecule has 2 aromatic carbocycles. The molecule has 160 valence electrons. The molecule has 3 aromatic rings. The van der Waals surface area contributed by atoms with Gasteiger partial charge < -0.3 is 14.4 Å². The number of fused-ring (bicyclic) bond motifs is 1. The van der Waals surface area contributed by atoms with Gasteiger partial charge in [-0.05, 0) is 80.1 Å². The summed E-state index contributed by atoms with van der Waals surface area (Å²) in [5.41, 5.74) is 9.11. The predicted octanol–water partition coefficient (Wildman–Crippen LogP) is 7.25. The van der Waals surface area contributed by atoms with Crippen LogP contribution in [0.15, 0.2) is 73.1 Å². The van der Waals surface area contributed by atoms with Crippen LogP contribution in [0.5, 0.6) is 0 Å². The summed E-state index contributed by atoms with van der Waals surface area (Å²) in [6.07, 6.45) is 8.45. The molecular weight excluding hydrogens is 425 g/mol. The Morgan fingerprint density at radius 1 is 0.968 bits per heavy atom. The zero-order valence-electron chi connectivity index (χ0n) is 18.3. The van der Waals surface area contributed by atoms with Gasteiger partial charge in [0.1, 0.15) is 0 Å². The molecule has 1 aromatic heterocycles. The van der Waals surface area contributed by atoms with Crippen LogP contribution in [0.3, 0.4) is 0 Å². The highest BCUT2D eigenvalue weighted by Crippen LogP contribution is 2.34. The highest BCUT2D eigenvalue weighted by atomic mass is 35.5. The van der Waals surface area contributed by atoms with Crippen molar-refractivity contribution >= 4 is 47.5 Å². The molecule has 0 radical (unpaired) electrons. The number of allylic oxidation sites excluding steroid dienone is 1. The molecule has 1 aliphatic heterocycles. The fourth-order valence-electron chi connectivity index (χ4n) is 3.87.